The topological polar surface area (TPSA) is 129 Å². The first-order valence-electron chi connectivity index (χ1n) is 10.9. The number of carbonyl (C=O) groups is 2. The van der Waals surface area contributed by atoms with Crippen molar-refractivity contribution in [3.8, 4) is 11.5 Å². The van der Waals surface area contributed by atoms with Crippen LogP contribution in [0.4, 0.5) is 10.5 Å². The minimum absolute atomic E-state index is 0.0636. The highest BCUT2D eigenvalue weighted by Crippen LogP contribution is 2.40. The van der Waals surface area contributed by atoms with Crippen LogP contribution in [0.3, 0.4) is 0 Å². The molecule has 1 fully saturated rings. The maximum absolute atomic E-state index is 12.4. The maximum Gasteiger partial charge on any atom is 0.407 e. The van der Waals surface area contributed by atoms with Crippen LogP contribution in [-0.4, -0.2) is 54.3 Å². The highest BCUT2D eigenvalue weighted by atomic mass is 16.5. The van der Waals surface area contributed by atoms with E-state index >= 15 is 0 Å². The van der Waals surface area contributed by atoms with Crippen LogP contribution in [0.1, 0.15) is 25.0 Å². The number of fused-ring (bicyclic) bond motifs is 1. The molecular formula is C24H30N4O5. The second-order valence-electron chi connectivity index (χ2n) is 9.17. The Labute approximate surface area is 193 Å². The van der Waals surface area contributed by atoms with Crippen molar-refractivity contribution in [1.82, 2.24) is 10.2 Å². The van der Waals surface area contributed by atoms with Crippen molar-refractivity contribution >= 4 is 17.7 Å². The summed E-state index contributed by atoms with van der Waals surface area (Å²) in [6.45, 7) is 5.04. The molecule has 0 saturated carbocycles. The smallest absolute Gasteiger partial charge is 0.407 e. The fourth-order valence-electron chi connectivity index (χ4n) is 4.29. The number of nitrogens with one attached hydrogen (secondary N) is 1. The first kappa shape index (κ1) is 22.7. The van der Waals surface area contributed by atoms with Gasteiger partial charge in [0.1, 0.15) is 29.8 Å². The molecule has 2 aromatic rings. The molecule has 176 valence electrons. The lowest BCUT2D eigenvalue weighted by molar-refractivity contribution is -0.118. The predicted molar refractivity (Wildman–Crippen MR) is 123 cm³/mol. The third kappa shape index (κ3) is 5.67. The summed E-state index contributed by atoms with van der Waals surface area (Å²) in [6.07, 6.45) is -0.256. The first-order chi connectivity index (χ1) is 15.7. The van der Waals surface area contributed by atoms with E-state index in [9.17, 15) is 9.59 Å². The fourth-order valence-corrected chi connectivity index (χ4v) is 4.29. The summed E-state index contributed by atoms with van der Waals surface area (Å²) >= 11 is 0. The molecule has 9 heteroatoms. The van der Waals surface area contributed by atoms with E-state index in [2.05, 4.69) is 5.32 Å². The van der Waals surface area contributed by atoms with Crippen LogP contribution < -0.4 is 26.3 Å². The third-order valence-corrected chi connectivity index (χ3v) is 5.71. The average molecular weight is 455 g/mol. The van der Waals surface area contributed by atoms with Crippen LogP contribution in [-0.2, 0) is 22.6 Å². The number of likely N-dealkylation sites (tertiary alicyclic amines) is 1. The first-order valence-corrected chi connectivity index (χ1v) is 10.9. The van der Waals surface area contributed by atoms with Gasteiger partial charge in [0.2, 0.25) is 5.91 Å². The number of benzene rings is 2. The van der Waals surface area contributed by atoms with Crippen LogP contribution in [0.15, 0.2) is 42.5 Å². The molecule has 0 radical (unpaired) electrons. The van der Waals surface area contributed by atoms with Gasteiger partial charge >= 0.3 is 6.09 Å². The second kappa shape index (κ2) is 9.19. The molecule has 2 heterocycles. The van der Waals surface area contributed by atoms with E-state index in [1.165, 1.54) is 0 Å². The van der Waals surface area contributed by atoms with Gasteiger partial charge in [0.25, 0.3) is 0 Å². The SMILES string of the molecule is CC1(C)Cc2cc(N)c(OC3CN(CC(N)=O)CC3NC(=O)OCc3ccccc3)cc2O1. The van der Waals surface area contributed by atoms with Gasteiger partial charge in [0.15, 0.2) is 0 Å². The van der Waals surface area contributed by atoms with Gasteiger partial charge in [-0.2, -0.15) is 0 Å². The monoisotopic (exact) mass is 454 g/mol. The molecule has 4 rings (SSSR count). The largest absolute Gasteiger partial charge is 0.487 e. The molecule has 2 aliphatic heterocycles. The Balaban J connectivity index is 1.44. The predicted octanol–water partition coefficient (Wildman–Crippen LogP) is 1.83. The molecule has 9 nitrogen and oxygen atoms in total. The highest BCUT2D eigenvalue weighted by molar-refractivity contribution is 5.76. The third-order valence-electron chi connectivity index (χ3n) is 5.71. The Kier molecular flexibility index (Phi) is 6.33. The Morgan fingerprint density at radius 2 is 1.97 bits per heavy atom. The zero-order valence-electron chi connectivity index (χ0n) is 18.9. The van der Waals surface area contributed by atoms with Crippen LogP contribution >= 0.6 is 0 Å². The minimum Gasteiger partial charge on any atom is -0.487 e. The van der Waals surface area contributed by atoms with Gasteiger partial charge < -0.3 is 31.0 Å². The summed E-state index contributed by atoms with van der Waals surface area (Å²) in [5.74, 6) is 0.763. The lowest BCUT2D eigenvalue weighted by Crippen LogP contribution is -2.45. The van der Waals surface area contributed by atoms with E-state index < -0.39 is 24.1 Å². The van der Waals surface area contributed by atoms with E-state index in [4.69, 9.17) is 25.7 Å². The number of carbonyl (C=O) groups excluding carboxylic acids is 2. The summed E-state index contributed by atoms with van der Waals surface area (Å²) in [7, 11) is 0. The number of primary amides is 1. The lowest BCUT2D eigenvalue weighted by Gasteiger charge is -2.22. The van der Waals surface area contributed by atoms with Crippen molar-refractivity contribution in [3.05, 3.63) is 53.6 Å². The number of nitrogen functional groups attached to an aromatic ring is 1. The number of nitrogens with zero attached hydrogens (tertiary/aromatic N) is 1. The number of hydrogen-bond donors (Lipinski definition) is 3. The van der Waals surface area contributed by atoms with Crippen molar-refractivity contribution in [2.75, 3.05) is 25.4 Å². The zero-order chi connectivity index (χ0) is 23.6. The Morgan fingerprint density at radius 3 is 2.70 bits per heavy atom. The van der Waals surface area contributed by atoms with Gasteiger partial charge in [-0.05, 0) is 25.5 Å². The molecule has 1 saturated heterocycles. The Morgan fingerprint density at radius 1 is 1.21 bits per heavy atom. The number of nitrogens with two attached hydrogens (primary N) is 2. The van der Waals surface area contributed by atoms with E-state index in [1.807, 2.05) is 55.1 Å². The number of alkyl carbamates (subject to hydrolysis) is 1. The number of amides is 2. The summed E-state index contributed by atoms with van der Waals surface area (Å²) in [5.41, 5.74) is 13.7. The van der Waals surface area contributed by atoms with Gasteiger partial charge in [-0.3, -0.25) is 9.69 Å². The van der Waals surface area contributed by atoms with Crippen LogP contribution in [0.5, 0.6) is 11.5 Å². The molecule has 33 heavy (non-hydrogen) atoms. The van der Waals surface area contributed by atoms with E-state index in [0.717, 1.165) is 23.3 Å². The molecule has 2 aromatic carbocycles. The summed E-state index contributed by atoms with van der Waals surface area (Å²) in [4.78, 5) is 25.7. The summed E-state index contributed by atoms with van der Waals surface area (Å²) in [6, 6.07) is 12.7. The van der Waals surface area contributed by atoms with E-state index in [-0.39, 0.29) is 18.8 Å². The Bertz CT molecular complexity index is 1030. The molecule has 0 spiro atoms. The molecule has 0 bridgehead atoms. The number of hydrogen-bond acceptors (Lipinski definition) is 7. The van der Waals surface area contributed by atoms with Crippen molar-refractivity contribution < 1.29 is 23.8 Å². The molecule has 2 atom stereocenters. The van der Waals surface area contributed by atoms with Crippen molar-refractivity contribution in [3.63, 3.8) is 0 Å². The molecule has 5 N–H and O–H groups in total. The Hall–Kier alpha value is -3.46. The standard InChI is InChI=1S/C24H30N4O5/c1-24(2)10-16-8-17(25)20(9-19(16)33-24)32-21-12-28(13-22(26)29)11-18(21)27-23(30)31-14-15-6-4-3-5-7-15/h3-9,18,21H,10-14,25H2,1-2H3,(H2,26,29)(H,27,30). The van der Waals surface area contributed by atoms with Crippen molar-refractivity contribution in [1.29, 1.82) is 0 Å². The normalized spacial score (nSPS) is 21.2. The number of ether oxygens (including phenoxy) is 3. The van der Waals surface area contributed by atoms with Crippen LogP contribution in [0.25, 0.3) is 0 Å². The van der Waals surface area contributed by atoms with Gasteiger partial charge in [0, 0.05) is 31.1 Å². The minimum atomic E-state index is -0.564. The molecule has 2 amide bonds. The zero-order valence-corrected chi connectivity index (χ0v) is 18.9. The fraction of sp³-hybridized carbons (Fsp3) is 0.417. The molecule has 0 aliphatic carbocycles. The summed E-state index contributed by atoms with van der Waals surface area (Å²) in [5, 5.41) is 2.86. The van der Waals surface area contributed by atoms with Crippen molar-refractivity contribution in [2.45, 2.75) is 44.6 Å². The summed E-state index contributed by atoms with van der Waals surface area (Å²) < 4.78 is 17.6. The van der Waals surface area contributed by atoms with Gasteiger partial charge in [-0.25, -0.2) is 4.79 Å². The lowest BCUT2D eigenvalue weighted by atomic mass is 10.0. The number of rotatable bonds is 7. The quantitative estimate of drug-likeness (QED) is 0.544. The molecular weight excluding hydrogens is 424 g/mol. The molecule has 2 unspecified atom stereocenters. The van der Waals surface area contributed by atoms with Crippen molar-refractivity contribution in [2.24, 2.45) is 5.73 Å². The molecule has 2 aliphatic rings. The van der Waals surface area contributed by atoms with Gasteiger partial charge in [0.05, 0.1) is 18.3 Å². The number of anilines is 1. The molecule has 0 aromatic heterocycles. The maximum atomic E-state index is 12.4. The van der Waals surface area contributed by atoms with Crippen LogP contribution in [0, 0.1) is 0 Å². The average Bonchev–Trinajstić information content (AvgIpc) is 3.24. The van der Waals surface area contributed by atoms with Crippen LogP contribution in [0.2, 0.25) is 0 Å². The van der Waals surface area contributed by atoms with Gasteiger partial charge in [-0.15, -0.1) is 0 Å². The highest BCUT2D eigenvalue weighted by Gasteiger charge is 2.37. The van der Waals surface area contributed by atoms with E-state index in [0.29, 0.717) is 24.5 Å². The second-order valence-corrected chi connectivity index (χ2v) is 9.17. The van der Waals surface area contributed by atoms with E-state index in [1.54, 1.807) is 6.07 Å². The van der Waals surface area contributed by atoms with Gasteiger partial charge in [-0.1, -0.05) is 30.3 Å².